The molecule has 0 radical (unpaired) electrons. The number of carbonyl (C=O) groups is 2. The maximum atomic E-state index is 12.5. The molecule has 5 N–H and O–H groups in total. The second-order valence-electron chi connectivity index (χ2n) is 9.34. The molecule has 5 aliphatic heterocycles. The summed E-state index contributed by atoms with van der Waals surface area (Å²) in [5, 5.41) is 9.28. The summed E-state index contributed by atoms with van der Waals surface area (Å²) in [6, 6.07) is 11.5. The lowest BCUT2D eigenvalue weighted by Crippen LogP contribution is -2.49. The fourth-order valence-corrected chi connectivity index (χ4v) is 4.55. The number of rotatable bonds is 1. The van der Waals surface area contributed by atoms with E-state index in [0.717, 1.165) is 55.4 Å². The van der Waals surface area contributed by atoms with Crippen LogP contribution in [-0.2, 0) is 16.1 Å². The Morgan fingerprint density at radius 1 is 0.946 bits per heavy atom. The van der Waals surface area contributed by atoms with Crippen molar-refractivity contribution in [1.29, 1.82) is 0 Å². The lowest BCUT2D eigenvalue weighted by Gasteiger charge is -2.34. The third-order valence-corrected chi connectivity index (χ3v) is 6.58. The van der Waals surface area contributed by atoms with Gasteiger partial charge in [0.15, 0.2) is 0 Å². The van der Waals surface area contributed by atoms with Crippen molar-refractivity contribution in [3.05, 3.63) is 60.6 Å². The van der Waals surface area contributed by atoms with Crippen LogP contribution >= 0.6 is 0 Å². The second-order valence-corrected chi connectivity index (χ2v) is 9.34. The van der Waals surface area contributed by atoms with Crippen LogP contribution in [0.1, 0.15) is 12.0 Å². The molecule has 11 nitrogen and oxygen atoms in total. The van der Waals surface area contributed by atoms with Gasteiger partial charge in [0, 0.05) is 69.1 Å². The average Bonchev–Trinajstić information content (AvgIpc) is 2.89. The van der Waals surface area contributed by atoms with Crippen molar-refractivity contribution in [2.45, 2.75) is 19.0 Å². The number of amides is 2. The van der Waals surface area contributed by atoms with Gasteiger partial charge in [0.05, 0.1) is 6.54 Å². The molecule has 1 fully saturated rings. The molecule has 0 saturated carbocycles. The summed E-state index contributed by atoms with van der Waals surface area (Å²) >= 11 is 0. The van der Waals surface area contributed by atoms with E-state index >= 15 is 0 Å². The zero-order chi connectivity index (χ0) is 25.6. The molecule has 37 heavy (non-hydrogen) atoms. The molecule has 0 aliphatic carbocycles. The summed E-state index contributed by atoms with van der Waals surface area (Å²) in [5.74, 6) is 0.413. The van der Waals surface area contributed by atoms with Gasteiger partial charge in [0.1, 0.15) is 11.9 Å². The summed E-state index contributed by atoms with van der Waals surface area (Å²) in [5.41, 5.74) is 9.47. The number of benzene rings is 1. The Morgan fingerprint density at radius 3 is 2.46 bits per heavy atom. The van der Waals surface area contributed by atoms with Crippen molar-refractivity contribution in [3.8, 4) is 11.1 Å². The van der Waals surface area contributed by atoms with Crippen molar-refractivity contribution >= 4 is 29.3 Å². The Hall–Kier alpha value is -4.09. The Bertz CT molecular complexity index is 1240. The van der Waals surface area contributed by atoms with Crippen LogP contribution in [0.2, 0.25) is 0 Å². The minimum absolute atomic E-state index is 0.0650. The highest BCUT2D eigenvalue weighted by Gasteiger charge is 2.20. The molecule has 3 aromatic rings. The number of carbonyl (C=O) groups excluding carboxylic acids is 2. The first kappa shape index (κ1) is 24.6. The molecule has 2 amide bonds. The number of aromatic nitrogens is 3. The number of anilines is 3. The first-order valence-corrected chi connectivity index (χ1v) is 12.4. The summed E-state index contributed by atoms with van der Waals surface area (Å²) in [4.78, 5) is 42.2. The summed E-state index contributed by atoms with van der Waals surface area (Å²) < 4.78 is 0. The van der Waals surface area contributed by atoms with Gasteiger partial charge in [-0.1, -0.05) is 12.1 Å². The number of nitrogens with one attached hydrogen (secondary N) is 3. The van der Waals surface area contributed by atoms with Crippen molar-refractivity contribution in [1.82, 2.24) is 30.1 Å². The second kappa shape index (κ2) is 11.3. The molecule has 1 saturated heterocycles. The van der Waals surface area contributed by atoms with Gasteiger partial charge in [-0.3, -0.25) is 19.4 Å². The maximum absolute atomic E-state index is 12.5. The van der Waals surface area contributed by atoms with Crippen LogP contribution in [0, 0.1) is 0 Å². The van der Waals surface area contributed by atoms with Gasteiger partial charge in [-0.25, -0.2) is 15.0 Å². The molecule has 7 heterocycles. The standard InChI is InChI=1S/C26H31N9O2/c27-25(37)22-5-7-29-24(36)17-35-10-8-34(9-11-35)16-18-2-1-3-21(12-18)32-23-13-19(4-6-28-23)20-14-30-26(33-22)31-15-20/h1-4,6,12-15,22H,5,7-11,16-17H2,(H2,27,37)(H,28,32)(H,29,36)(H,30,31,33). The molecular formula is C26H31N9O2. The molecule has 5 aliphatic rings. The van der Waals surface area contributed by atoms with Crippen LogP contribution in [0.15, 0.2) is 55.0 Å². The molecule has 2 aromatic heterocycles. The van der Waals surface area contributed by atoms with Crippen LogP contribution in [0.4, 0.5) is 17.5 Å². The quantitative estimate of drug-likeness (QED) is 0.387. The third kappa shape index (κ3) is 6.57. The van der Waals surface area contributed by atoms with E-state index in [1.807, 2.05) is 24.3 Å². The van der Waals surface area contributed by atoms with E-state index in [1.54, 1.807) is 18.6 Å². The van der Waals surface area contributed by atoms with E-state index < -0.39 is 11.9 Å². The Morgan fingerprint density at radius 2 is 1.70 bits per heavy atom. The lowest BCUT2D eigenvalue weighted by atomic mass is 10.1. The minimum atomic E-state index is -0.706. The van der Waals surface area contributed by atoms with Gasteiger partial charge >= 0.3 is 0 Å². The fraction of sp³-hybridized carbons (Fsp3) is 0.346. The zero-order valence-electron chi connectivity index (χ0n) is 20.6. The molecule has 1 atom stereocenters. The highest BCUT2D eigenvalue weighted by molar-refractivity contribution is 5.82. The molecular weight excluding hydrogens is 470 g/mol. The van der Waals surface area contributed by atoms with E-state index in [4.69, 9.17) is 5.73 Å². The number of hydrogen-bond donors (Lipinski definition) is 4. The molecule has 0 spiro atoms. The topological polar surface area (TPSA) is 141 Å². The SMILES string of the molecule is NC(=O)C1CCNC(=O)CN2CCN(CC2)Cc2cccc(c2)Nc2cc(ccn2)-c2cnc(nc2)N1. The van der Waals surface area contributed by atoms with Crippen molar-refractivity contribution in [2.24, 2.45) is 5.73 Å². The molecule has 8 rings (SSSR count). The van der Waals surface area contributed by atoms with E-state index in [1.165, 1.54) is 5.56 Å². The molecule has 1 aromatic carbocycles. The highest BCUT2D eigenvalue weighted by atomic mass is 16.2. The summed E-state index contributed by atoms with van der Waals surface area (Å²) in [6.07, 6.45) is 5.44. The number of piperazine rings is 1. The van der Waals surface area contributed by atoms with Crippen molar-refractivity contribution in [2.75, 3.05) is 49.9 Å². The Balaban J connectivity index is 1.39. The van der Waals surface area contributed by atoms with Crippen LogP contribution < -0.4 is 21.7 Å². The maximum Gasteiger partial charge on any atom is 0.240 e. The number of pyridine rings is 1. The molecule has 1 unspecified atom stereocenters. The predicted octanol–water partition coefficient (Wildman–Crippen LogP) is 1.19. The van der Waals surface area contributed by atoms with E-state index in [-0.39, 0.29) is 5.91 Å². The van der Waals surface area contributed by atoms with Crippen LogP contribution in [0.25, 0.3) is 11.1 Å². The first-order chi connectivity index (χ1) is 18.0. The molecule has 8 bridgehead atoms. The predicted molar refractivity (Wildman–Crippen MR) is 141 cm³/mol. The summed E-state index contributed by atoms with van der Waals surface area (Å²) in [6.45, 7) is 4.91. The van der Waals surface area contributed by atoms with Crippen LogP contribution in [-0.4, -0.2) is 81.9 Å². The van der Waals surface area contributed by atoms with Gasteiger partial charge in [-0.15, -0.1) is 0 Å². The van der Waals surface area contributed by atoms with Crippen LogP contribution in [0.3, 0.4) is 0 Å². The zero-order valence-corrected chi connectivity index (χ0v) is 20.6. The largest absolute Gasteiger partial charge is 0.368 e. The van der Waals surface area contributed by atoms with E-state index in [2.05, 4.69) is 52.8 Å². The minimum Gasteiger partial charge on any atom is -0.368 e. The highest BCUT2D eigenvalue weighted by Crippen LogP contribution is 2.23. The third-order valence-electron chi connectivity index (χ3n) is 6.58. The molecule has 192 valence electrons. The number of nitrogens with zero attached hydrogens (tertiary/aromatic N) is 5. The monoisotopic (exact) mass is 501 g/mol. The van der Waals surface area contributed by atoms with E-state index in [0.29, 0.717) is 25.5 Å². The van der Waals surface area contributed by atoms with Gasteiger partial charge in [0.25, 0.3) is 0 Å². The number of nitrogens with two attached hydrogens (primary N) is 1. The smallest absolute Gasteiger partial charge is 0.240 e. The van der Waals surface area contributed by atoms with Gasteiger partial charge in [0.2, 0.25) is 17.8 Å². The van der Waals surface area contributed by atoms with Gasteiger partial charge < -0.3 is 21.7 Å². The Labute approximate surface area is 215 Å². The fourth-order valence-electron chi connectivity index (χ4n) is 4.55. The van der Waals surface area contributed by atoms with Gasteiger partial charge in [-0.05, 0) is 41.8 Å². The normalized spacial score (nSPS) is 22.4. The van der Waals surface area contributed by atoms with E-state index in [9.17, 15) is 9.59 Å². The number of hydrogen-bond acceptors (Lipinski definition) is 9. The van der Waals surface area contributed by atoms with Crippen molar-refractivity contribution < 1.29 is 9.59 Å². The van der Waals surface area contributed by atoms with Crippen LogP contribution in [0.5, 0.6) is 0 Å². The molecule has 11 heteroatoms. The lowest BCUT2D eigenvalue weighted by molar-refractivity contribution is -0.123. The number of primary amides is 1. The Kier molecular flexibility index (Phi) is 7.52. The summed E-state index contributed by atoms with van der Waals surface area (Å²) in [7, 11) is 0. The van der Waals surface area contributed by atoms with Gasteiger partial charge in [-0.2, -0.15) is 0 Å². The average molecular weight is 502 g/mol. The first-order valence-electron chi connectivity index (χ1n) is 12.4. The van der Waals surface area contributed by atoms with Crippen molar-refractivity contribution in [3.63, 3.8) is 0 Å².